The summed E-state index contributed by atoms with van der Waals surface area (Å²) < 4.78 is 13.4. The number of hydrogen-bond acceptors (Lipinski definition) is 1. The molecule has 0 fully saturated rings. The molecule has 1 N–H and O–H groups in total. The van der Waals surface area contributed by atoms with Gasteiger partial charge < -0.3 is 5.11 Å². The maximum absolute atomic E-state index is 12.8. The van der Waals surface area contributed by atoms with Gasteiger partial charge in [-0.2, -0.15) is 0 Å². The van der Waals surface area contributed by atoms with Crippen LogP contribution in [0.15, 0.2) is 22.7 Å². The first-order valence-corrected chi connectivity index (χ1v) is 4.25. The molecule has 62 valence electrons. The van der Waals surface area contributed by atoms with E-state index in [0.717, 1.165) is 0 Å². The summed E-state index contributed by atoms with van der Waals surface area (Å²) in [6.45, 7) is -0.185. The zero-order valence-corrected chi connectivity index (χ0v) is 7.88. The SMILES string of the molecule is [B]C(CO)c1cc(F)cc(Br)c1. The van der Waals surface area contributed by atoms with Crippen LogP contribution in [0.5, 0.6) is 0 Å². The number of hydrogen-bond donors (Lipinski definition) is 1. The van der Waals surface area contributed by atoms with Gasteiger partial charge in [-0.25, -0.2) is 4.39 Å². The molecule has 0 aliphatic carbocycles. The van der Waals surface area contributed by atoms with Crippen LogP contribution in [-0.4, -0.2) is 19.6 Å². The third kappa shape index (κ3) is 2.32. The second-order valence-corrected chi connectivity index (χ2v) is 3.41. The third-order valence-electron chi connectivity index (χ3n) is 1.51. The second-order valence-electron chi connectivity index (χ2n) is 2.49. The Hall–Kier alpha value is -0.345. The molecular weight excluding hydrogens is 222 g/mol. The van der Waals surface area contributed by atoms with Crippen molar-refractivity contribution in [2.45, 2.75) is 5.82 Å². The van der Waals surface area contributed by atoms with Crippen molar-refractivity contribution in [1.29, 1.82) is 0 Å². The molecule has 4 heteroatoms. The van der Waals surface area contributed by atoms with Gasteiger partial charge in [0.1, 0.15) is 5.82 Å². The highest BCUT2D eigenvalue weighted by atomic mass is 79.9. The molecule has 0 spiro atoms. The van der Waals surface area contributed by atoms with Crippen LogP contribution in [0.4, 0.5) is 4.39 Å². The minimum Gasteiger partial charge on any atom is -0.397 e. The Kier molecular flexibility index (Phi) is 3.29. The van der Waals surface area contributed by atoms with Gasteiger partial charge in [-0.1, -0.05) is 15.9 Å². The van der Waals surface area contributed by atoms with Crippen LogP contribution >= 0.6 is 15.9 Å². The topological polar surface area (TPSA) is 20.2 Å². The minimum atomic E-state index is -0.517. The van der Waals surface area contributed by atoms with Gasteiger partial charge in [-0.05, 0) is 29.6 Å². The standard InChI is InChI=1S/C8H7BBrFO/c9-8(4-12)5-1-6(10)3-7(11)2-5/h1-3,8,12H,4H2. The van der Waals surface area contributed by atoms with Crippen molar-refractivity contribution < 1.29 is 9.50 Å². The van der Waals surface area contributed by atoms with E-state index in [1.807, 2.05) is 0 Å². The van der Waals surface area contributed by atoms with Gasteiger partial charge in [0.25, 0.3) is 0 Å². The Morgan fingerprint density at radius 1 is 1.50 bits per heavy atom. The van der Waals surface area contributed by atoms with Crippen molar-refractivity contribution in [3.05, 3.63) is 34.1 Å². The first kappa shape index (κ1) is 9.74. The molecule has 1 nitrogen and oxygen atoms in total. The van der Waals surface area contributed by atoms with E-state index in [1.165, 1.54) is 12.1 Å². The Morgan fingerprint density at radius 3 is 2.67 bits per heavy atom. The zero-order valence-electron chi connectivity index (χ0n) is 6.30. The van der Waals surface area contributed by atoms with Gasteiger partial charge in [0.15, 0.2) is 0 Å². The molecule has 0 saturated heterocycles. The first-order valence-electron chi connectivity index (χ1n) is 3.46. The van der Waals surface area contributed by atoms with Gasteiger partial charge in [0.05, 0.1) is 7.85 Å². The molecule has 2 radical (unpaired) electrons. The van der Waals surface area contributed by atoms with Gasteiger partial charge >= 0.3 is 0 Å². The normalized spacial score (nSPS) is 12.9. The lowest BCUT2D eigenvalue weighted by Crippen LogP contribution is -2.03. The van der Waals surface area contributed by atoms with Gasteiger partial charge in [0.2, 0.25) is 0 Å². The largest absolute Gasteiger partial charge is 0.397 e. The molecular formula is C8H7BBrFO. The Morgan fingerprint density at radius 2 is 2.17 bits per heavy atom. The number of halogens is 2. The number of aliphatic hydroxyl groups is 1. The van der Waals surface area contributed by atoms with Gasteiger partial charge in [-0.15, -0.1) is 0 Å². The second kappa shape index (κ2) is 4.05. The molecule has 1 aromatic rings. The fourth-order valence-electron chi connectivity index (χ4n) is 0.895. The molecule has 0 aromatic heterocycles. The summed E-state index contributed by atoms with van der Waals surface area (Å²) in [4.78, 5) is 0. The third-order valence-corrected chi connectivity index (χ3v) is 1.97. The smallest absolute Gasteiger partial charge is 0.124 e. The van der Waals surface area contributed by atoms with E-state index in [2.05, 4.69) is 15.9 Å². The van der Waals surface area contributed by atoms with Crippen molar-refractivity contribution in [3.63, 3.8) is 0 Å². The van der Waals surface area contributed by atoms with Crippen LogP contribution in [0.25, 0.3) is 0 Å². The van der Waals surface area contributed by atoms with E-state index in [0.29, 0.717) is 10.0 Å². The number of benzene rings is 1. The van der Waals surface area contributed by atoms with Crippen LogP contribution in [0, 0.1) is 5.82 Å². The highest BCUT2D eigenvalue weighted by Crippen LogP contribution is 2.19. The van der Waals surface area contributed by atoms with Crippen LogP contribution in [0.3, 0.4) is 0 Å². The molecule has 0 aliphatic heterocycles. The fourth-order valence-corrected chi connectivity index (χ4v) is 1.38. The molecule has 1 atom stereocenters. The van der Waals surface area contributed by atoms with E-state index in [4.69, 9.17) is 13.0 Å². The lowest BCUT2D eigenvalue weighted by molar-refractivity contribution is 0.294. The molecule has 1 aromatic carbocycles. The van der Waals surface area contributed by atoms with E-state index in [9.17, 15) is 4.39 Å². The van der Waals surface area contributed by atoms with Crippen molar-refractivity contribution >= 4 is 23.8 Å². The van der Waals surface area contributed by atoms with Crippen molar-refractivity contribution in [2.75, 3.05) is 6.61 Å². The summed E-state index contributed by atoms with van der Waals surface area (Å²) in [7, 11) is 5.49. The zero-order chi connectivity index (χ0) is 9.14. The Labute approximate surface area is 80.1 Å². The van der Waals surface area contributed by atoms with Crippen LogP contribution in [-0.2, 0) is 0 Å². The van der Waals surface area contributed by atoms with Crippen molar-refractivity contribution in [3.8, 4) is 0 Å². The molecule has 1 unspecified atom stereocenters. The monoisotopic (exact) mass is 228 g/mol. The predicted octanol–water partition coefficient (Wildman–Crippen LogP) is 1.79. The van der Waals surface area contributed by atoms with E-state index >= 15 is 0 Å². The molecule has 0 aliphatic rings. The summed E-state index contributed by atoms with van der Waals surface area (Å²) in [6.07, 6.45) is 0. The highest BCUT2D eigenvalue weighted by Gasteiger charge is 2.05. The van der Waals surface area contributed by atoms with Crippen molar-refractivity contribution in [1.82, 2.24) is 0 Å². The minimum absolute atomic E-state index is 0.185. The fraction of sp³-hybridized carbons (Fsp3) is 0.250. The van der Waals surface area contributed by atoms with Crippen LogP contribution in [0.2, 0.25) is 0 Å². The summed E-state index contributed by atoms with van der Waals surface area (Å²) in [5.74, 6) is -0.875. The average molecular weight is 229 g/mol. The van der Waals surface area contributed by atoms with E-state index in [1.54, 1.807) is 6.07 Å². The number of rotatable bonds is 2. The Balaban J connectivity index is 3.00. The quantitative estimate of drug-likeness (QED) is 0.766. The summed E-state index contributed by atoms with van der Waals surface area (Å²) in [6, 6.07) is 4.34. The maximum Gasteiger partial charge on any atom is 0.124 e. The van der Waals surface area contributed by atoms with Gasteiger partial charge in [0, 0.05) is 11.1 Å². The van der Waals surface area contributed by atoms with E-state index < -0.39 is 5.82 Å². The molecule has 0 bridgehead atoms. The average Bonchev–Trinajstić information content (AvgIpc) is 2.01. The number of aliphatic hydroxyl groups excluding tert-OH is 1. The molecule has 0 heterocycles. The summed E-state index contributed by atoms with van der Waals surface area (Å²) in [5.41, 5.74) is 0.587. The molecule has 0 amide bonds. The Bertz CT molecular complexity index is 260. The molecule has 1 rings (SSSR count). The predicted molar refractivity (Wildman–Crippen MR) is 49.7 cm³/mol. The highest BCUT2D eigenvalue weighted by molar-refractivity contribution is 9.10. The van der Waals surface area contributed by atoms with Crippen LogP contribution in [0.1, 0.15) is 11.4 Å². The summed E-state index contributed by atoms with van der Waals surface area (Å²) >= 11 is 3.13. The molecule has 0 saturated carbocycles. The summed E-state index contributed by atoms with van der Waals surface area (Å²) in [5, 5.41) is 8.71. The first-order chi connectivity index (χ1) is 5.63. The lowest BCUT2D eigenvalue weighted by Gasteiger charge is -2.08. The van der Waals surface area contributed by atoms with E-state index in [-0.39, 0.29) is 12.4 Å². The van der Waals surface area contributed by atoms with Crippen LogP contribution < -0.4 is 0 Å². The lowest BCUT2D eigenvalue weighted by atomic mass is 9.82. The van der Waals surface area contributed by atoms with Gasteiger partial charge in [-0.3, -0.25) is 0 Å². The molecule has 12 heavy (non-hydrogen) atoms. The maximum atomic E-state index is 12.8. The van der Waals surface area contributed by atoms with Crippen molar-refractivity contribution in [2.24, 2.45) is 0 Å².